The lowest BCUT2D eigenvalue weighted by Crippen LogP contribution is -2.23. The molecule has 2 N–H and O–H groups in total. The van der Waals surface area contributed by atoms with Crippen molar-refractivity contribution < 1.29 is 14.3 Å². The van der Waals surface area contributed by atoms with Crippen LogP contribution in [0.25, 0.3) is 0 Å². The lowest BCUT2D eigenvalue weighted by Gasteiger charge is -2.12. The number of hydrogen-bond donors (Lipinski definition) is 2. The molecule has 5 nitrogen and oxygen atoms in total. The fourth-order valence-corrected chi connectivity index (χ4v) is 2.41. The molecule has 0 fully saturated rings. The quantitative estimate of drug-likeness (QED) is 0.880. The first-order valence-corrected chi connectivity index (χ1v) is 6.76. The first-order valence-electron chi connectivity index (χ1n) is 5.97. The Balaban J connectivity index is 2.21. The maximum atomic E-state index is 12.3. The summed E-state index contributed by atoms with van der Waals surface area (Å²) in [6.45, 7) is 0.445. The van der Waals surface area contributed by atoms with E-state index in [-0.39, 0.29) is 5.91 Å². The summed E-state index contributed by atoms with van der Waals surface area (Å²) >= 11 is 3.37. The third-order valence-electron chi connectivity index (χ3n) is 2.82. The van der Waals surface area contributed by atoms with Gasteiger partial charge in [0.1, 0.15) is 11.5 Å². The zero-order valence-electron chi connectivity index (χ0n) is 11.2. The van der Waals surface area contributed by atoms with Crippen molar-refractivity contribution in [3.05, 3.63) is 46.2 Å². The Hall–Kier alpha value is -1.95. The average molecular weight is 339 g/mol. The minimum atomic E-state index is -0.220. The van der Waals surface area contributed by atoms with E-state index in [4.69, 9.17) is 9.47 Å². The summed E-state index contributed by atoms with van der Waals surface area (Å²) in [5.74, 6) is 0.851. The van der Waals surface area contributed by atoms with Gasteiger partial charge in [0.15, 0.2) is 0 Å². The van der Waals surface area contributed by atoms with Crippen LogP contribution >= 0.6 is 15.9 Å². The second kappa shape index (κ2) is 6.47. The molecule has 0 saturated heterocycles. The molecule has 2 rings (SSSR count). The van der Waals surface area contributed by atoms with Crippen molar-refractivity contribution in [2.24, 2.45) is 0 Å². The van der Waals surface area contributed by atoms with E-state index in [9.17, 15) is 4.79 Å². The van der Waals surface area contributed by atoms with Crippen LogP contribution in [0, 0.1) is 0 Å². The summed E-state index contributed by atoms with van der Waals surface area (Å²) in [5, 5.41) is 2.84. The predicted octanol–water partition coefficient (Wildman–Crippen LogP) is 2.72. The minimum Gasteiger partial charge on any atom is -0.497 e. The lowest BCUT2D eigenvalue weighted by atomic mass is 10.1. The van der Waals surface area contributed by atoms with Gasteiger partial charge in [0.05, 0.1) is 24.3 Å². The van der Waals surface area contributed by atoms with E-state index < -0.39 is 0 Å². The van der Waals surface area contributed by atoms with Crippen LogP contribution in [0.3, 0.4) is 0 Å². The Morgan fingerprint density at radius 1 is 1.35 bits per heavy atom. The number of hydrogen-bond acceptors (Lipinski definition) is 3. The van der Waals surface area contributed by atoms with Crippen LogP contribution in [0.4, 0.5) is 0 Å². The maximum absolute atomic E-state index is 12.3. The fraction of sp³-hybridized carbons (Fsp3) is 0.214. The Morgan fingerprint density at radius 2 is 2.15 bits per heavy atom. The number of halogens is 1. The summed E-state index contributed by atoms with van der Waals surface area (Å²) < 4.78 is 11.1. The van der Waals surface area contributed by atoms with Crippen molar-refractivity contribution in [1.29, 1.82) is 0 Å². The molecule has 1 amide bonds. The molecule has 106 valence electrons. The maximum Gasteiger partial charge on any atom is 0.255 e. The molecule has 1 aromatic heterocycles. The van der Waals surface area contributed by atoms with Gasteiger partial charge < -0.3 is 19.8 Å². The number of benzene rings is 1. The first kappa shape index (κ1) is 14.5. The number of methoxy groups -OCH3 is 2. The zero-order chi connectivity index (χ0) is 14.5. The van der Waals surface area contributed by atoms with Gasteiger partial charge in [-0.25, -0.2) is 0 Å². The fourth-order valence-electron chi connectivity index (χ4n) is 1.81. The minimum absolute atomic E-state index is 0.220. The van der Waals surface area contributed by atoms with Crippen LogP contribution in [-0.4, -0.2) is 25.1 Å². The largest absolute Gasteiger partial charge is 0.497 e. The van der Waals surface area contributed by atoms with Crippen molar-refractivity contribution in [3.63, 3.8) is 0 Å². The molecule has 0 bridgehead atoms. The van der Waals surface area contributed by atoms with Crippen LogP contribution in [0.1, 0.15) is 15.9 Å². The van der Waals surface area contributed by atoms with E-state index in [0.717, 1.165) is 5.56 Å². The number of nitrogens with one attached hydrogen (secondary N) is 2. The summed E-state index contributed by atoms with van der Waals surface area (Å²) in [6, 6.07) is 5.30. The zero-order valence-corrected chi connectivity index (χ0v) is 12.8. The lowest BCUT2D eigenvalue weighted by molar-refractivity contribution is 0.0947. The van der Waals surface area contributed by atoms with E-state index in [0.29, 0.717) is 28.1 Å². The molecule has 1 heterocycles. The molecule has 2 aromatic rings. The van der Waals surface area contributed by atoms with Crippen LogP contribution in [0.2, 0.25) is 0 Å². The molecule has 0 saturated carbocycles. The second-order valence-electron chi connectivity index (χ2n) is 4.09. The van der Waals surface area contributed by atoms with Crippen molar-refractivity contribution in [3.8, 4) is 11.5 Å². The average Bonchev–Trinajstić information content (AvgIpc) is 2.97. The molecule has 6 heteroatoms. The molecule has 0 atom stereocenters. The number of ether oxygens (including phenoxy) is 2. The van der Waals surface area contributed by atoms with Crippen LogP contribution in [0.5, 0.6) is 11.5 Å². The normalized spacial score (nSPS) is 10.2. The molecule has 0 unspecified atom stereocenters. The highest BCUT2D eigenvalue weighted by Crippen LogP contribution is 2.33. The van der Waals surface area contributed by atoms with Gasteiger partial charge in [-0.15, -0.1) is 0 Å². The van der Waals surface area contributed by atoms with Gasteiger partial charge in [0, 0.05) is 18.9 Å². The summed E-state index contributed by atoms with van der Waals surface area (Å²) in [6.07, 6.45) is 3.64. The van der Waals surface area contributed by atoms with Gasteiger partial charge in [-0.05, 0) is 39.7 Å². The molecular formula is C14H15BrN2O3. The van der Waals surface area contributed by atoms with Crippen molar-refractivity contribution in [2.75, 3.05) is 14.2 Å². The molecular weight excluding hydrogens is 324 g/mol. The van der Waals surface area contributed by atoms with Gasteiger partial charge >= 0.3 is 0 Å². The number of carbonyl (C=O) groups is 1. The highest BCUT2D eigenvalue weighted by Gasteiger charge is 2.17. The molecule has 1 aromatic carbocycles. The summed E-state index contributed by atoms with van der Waals surface area (Å²) in [5.41, 5.74) is 1.42. The number of rotatable bonds is 5. The topological polar surface area (TPSA) is 63.4 Å². The van der Waals surface area contributed by atoms with E-state index in [1.54, 1.807) is 19.2 Å². The smallest absolute Gasteiger partial charge is 0.255 e. The molecule has 0 radical (unpaired) electrons. The number of aromatic nitrogens is 1. The third-order valence-corrected chi connectivity index (χ3v) is 3.41. The second-order valence-corrected chi connectivity index (χ2v) is 4.95. The van der Waals surface area contributed by atoms with E-state index in [1.165, 1.54) is 7.11 Å². The van der Waals surface area contributed by atoms with Gasteiger partial charge in [-0.1, -0.05) is 0 Å². The molecule has 20 heavy (non-hydrogen) atoms. The number of amides is 1. The van der Waals surface area contributed by atoms with Crippen molar-refractivity contribution >= 4 is 21.8 Å². The number of carbonyl (C=O) groups excluding carboxylic acids is 1. The first-order chi connectivity index (χ1) is 9.65. The number of H-pyrrole nitrogens is 1. The van der Waals surface area contributed by atoms with Gasteiger partial charge in [0.2, 0.25) is 0 Å². The van der Waals surface area contributed by atoms with Gasteiger partial charge in [0.25, 0.3) is 5.91 Å². The summed E-state index contributed by atoms with van der Waals surface area (Å²) in [7, 11) is 3.07. The standard InChI is InChI=1S/C14H15BrN2O3/c1-19-10-5-11(13(20-2)12(15)6-10)14(18)17-8-9-3-4-16-7-9/h3-7,16H,8H2,1-2H3,(H,17,18). The van der Waals surface area contributed by atoms with Crippen LogP contribution in [-0.2, 0) is 6.54 Å². The molecule has 0 aliphatic rings. The highest BCUT2D eigenvalue weighted by molar-refractivity contribution is 9.10. The third kappa shape index (κ3) is 3.14. The Kier molecular flexibility index (Phi) is 4.68. The Morgan fingerprint density at radius 3 is 2.75 bits per heavy atom. The number of aromatic amines is 1. The van der Waals surface area contributed by atoms with E-state index >= 15 is 0 Å². The van der Waals surface area contributed by atoms with Crippen molar-refractivity contribution in [1.82, 2.24) is 10.3 Å². The van der Waals surface area contributed by atoms with Gasteiger partial charge in [-0.2, -0.15) is 0 Å². The molecule has 0 aliphatic carbocycles. The van der Waals surface area contributed by atoms with Gasteiger partial charge in [-0.3, -0.25) is 4.79 Å². The Labute approximate surface area is 125 Å². The highest BCUT2D eigenvalue weighted by atomic mass is 79.9. The molecule has 0 aliphatic heterocycles. The molecule has 0 spiro atoms. The van der Waals surface area contributed by atoms with E-state index in [1.807, 2.05) is 18.5 Å². The SMILES string of the molecule is COc1cc(Br)c(OC)c(C(=O)NCc2cc[nH]c2)c1. The predicted molar refractivity (Wildman–Crippen MR) is 79.2 cm³/mol. The van der Waals surface area contributed by atoms with Crippen molar-refractivity contribution in [2.45, 2.75) is 6.54 Å². The van der Waals surface area contributed by atoms with Crippen LogP contribution < -0.4 is 14.8 Å². The summed E-state index contributed by atoms with van der Waals surface area (Å²) in [4.78, 5) is 15.2. The van der Waals surface area contributed by atoms with E-state index in [2.05, 4.69) is 26.2 Å². The van der Waals surface area contributed by atoms with Crippen LogP contribution in [0.15, 0.2) is 35.1 Å². The Bertz CT molecular complexity index is 597. The monoisotopic (exact) mass is 338 g/mol.